The van der Waals surface area contributed by atoms with Gasteiger partial charge in [0.1, 0.15) is 11.5 Å². The summed E-state index contributed by atoms with van der Waals surface area (Å²) >= 11 is 0. The summed E-state index contributed by atoms with van der Waals surface area (Å²) in [5.41, 5.74) is 7.71. The number of pyridine rings is 1. The lowest BCUT2D eigenvalue weighted by Crippen LogP contribution is -2.23. The lowest BCUT2D eigenvalue weighted by Gasteiger charge is -2.04. The summed E-state index contributed by atoms with van der Waals surface area (Å²) in [6.45, 7) is 4.31. The van der Waals surface area contributed by atoms with Gasteiger partial charge in [-0.15, -0.1) is 0 Å². The van der Waals surface area contributed by atoms with Gasteiger partial charge in [0, 0.05) is 24.5 Å². The van der Waals surface area contributed by atoms with Crippen LogP contribution in [0.2, 0.25) is 0 Å². The molecule has 0 aliphatic rings. The van der Waals surface area contributed by atoms with E-state index in [1.165, 1.54) is 0 Å². The summed E-state index contributed by atoms with van der Waals surface area (Å²) in [4.78, 5) is 15.7. The van der Waals surface area contributed by atoms with Crippen molar-refractivity contribution in [1.82, 2.24) is 20.1 Å². The van der Waals surface area contributed by atoms with Crippen LogP contribution in [0.1, 0.15) is 23.0 Å². The zero-order valence-corrected chi connectivity index (χ0v) is 10.3. The zero-order chi connectivity index (χ0) is 13.1. The minimum atomic E-state index is -0.198. The third-order valence-corrected chi connectivity index (χ3v) is 2.51. The van der Waals surface area contributed by atoms with Gasteiger partial charge in [-0.3, -0.25) is 9.78 Å². The standard InChI is InChI=1S/C12H15N5O/c1-3-14-12(18)10-6-9(4-5-15-10)17-7-8(2)11(13)16-17/h4-7H,3H2,1-2H3,(H2,13,16)(H,14,18). The largest absolute Gasteiger partial charge is 0.382 e. The number of carbonyl (C=O) groups excluding carboxylic acids is 1. The normalized spacial score (nSPS) is 10.3. The van der Waals surface area contributed by atoms with Crippen LogP contribution in [0.3, 0.4) is 0 Å². The highest BCUT2D eigenvalue weighted by Crippen LogP contribution is 2.13. The third-order valence-electron chi connectivity index (χ3n) is 2.51. The summed E-state index contributed by atoms with van der Waals surface area (Å²) in [5, 5.41) is 6.86. The molecule has 2 heterocycles. The van der Waals surface area contributed by atoms with Crippen LogP contribution in [0.15, 0.2) is 24.5 Å². The molecule has 3 N–H and O–H groups in total. The van der Waals surface area contributed by atoms with Crippen molar-refractivity contribution in [2.75, 3.05) is 12.3 Å². The molecule has 0 saturated carbocycles. The molecule has 2 rings (SSSR count). The summed E-state index contributed by atoms with van der Waals surface area (Å²) in [5.74, 6) is 0.280. The van der Waals surface area contributed by atoms with E-state index in [1.807, 2.05) is 20.0 Å². The van der Waals surface area contributed by atoms with Gasteiger partial charge in [-0.2, -0.15) is 5.10 Å². The number of nitrogens with two attached hydrogens (primary N) is 1. The Morgan fingerprint density at radius 2 is 2.33 bits per heavy atom. The van der Waals surface area contributed by atoms with Gasteiger partial charge in [0.05, 0.1) is 5.69 Å². The molecule has 94 valence electrons. The van der Waals surface area contributed by atoms with Crippen LogP contribution in [-0.4, -0.2) is 27.2 Å². The number of hydrogen-bond acceptors (Lipinski definition) is 4. The first kappa shape index (κ1) is 12.1. The van der Waals surface area contributed by atoms with Gasteiger partial charge >= 0.3 is 0 Å². The van der Waals surface area contributed by atoms with Crippen molar-refractivity contribution in [3.63, 3.8) is 0 Å². The summed E-state index contributed by atoms with van der Waals surface area (Å²) in [6.07, 6.45) is 3.39. The van der Waals surface area contributed by atoms with Gasteiger partial charge in [0.2, 0.25) is 0 Å². The van der Waals surface area contributed by atoms with E-state index in [1.54, 1.807) is 23.0 Å². The van der Waals surface area contributed by atoms with Gasteiger partial charge in [-0.25, -0.2) is 4.68 Å². The van der Waals surface area contributed by atoms with E-state index in [-0.39, 0.29) is 5.91 Å². The second-order valence-electron chi connectivity index (χ2n) is 3.90. The van der Waals surface area contributed by atoms with Crippen molar-refractivity contribution >= 4 is 11.7 Å². The molecule has 0 aliphatic heterocycles. The molecular weight excluding hydrogens is 230 g/mol. The second kappa shape index (κ2) is 4.87. The molecule has 0 aromatic carbocycles. The third kappa shape index (κ3) is 2.32. The number of nitrogens with zero attached hydrogens (tertiary/aromatic N) is 3. The first-order chi connectivity index (χ1) is 8.61. The van der Waals surface area contributed by atoms with E-state index < -0.39 is 0 Å². The van der Waals surface area contributed by atoms with Gasteiger partial charge in [0.25, 0.3) is 5.91 Å². The van der Waals surface area contributed by atoms with Crippen LogP contribution in [0.4, 0.5) is 5.82 Å². The lowest BCUT2D eigenvalue weighted by atomic mass is 10.3. The Bertz CT molecular complexity index is 556. The average Bonchev–Trinajstić information content (AvgIpc) is 2.70. The molecule has 6 nitrogen and oxygen atoms in total. The number of nitrogens with one attached hydrogen (secondary N) is 1. The van der Waals surface area contributed by atoms with Gasteiger partial charge in [0.15, 0.2) is 0 Å². The Hall–Kier alpha value is -2.37. The van der Waals surface area contributed by atoms with Crippen LogP contribution in [-0.2, 0) is 0 Å². The van der Waals surface area contributed by atoms with Crippen LogP contribution < -0.4 is 11.1 Å². The van der Waals surface area contributed by atoms with E-state index >= 15 is 0 Å². The van der Waals surface area contributed by atoms with E-state index in [0.717, 1.165) is 11.3 Å². The second-order valence-corrected chi connectivity index (χ2v) is 3.90. The van der Waals surface area contributed by atoms with Crippen molar-refractivity contribution in [3.8, 4) is 5.69 Å². The quantitative estimate of drug-likeness (QED) is 0.841. The zero-order valence-electron chi connectivity index (χ0n) is 10.3. The molecule has 2 aromatic heterocycles. The van der Waals surface area contributed by atoms with E-state index in [2.05, 4.69) is 15.4 Å². The van der Waals surface area contributed by atoms with Crippen LogP contribution in [0.25, 0.3) is 5.69 Å². The topological polar surface area (TPSA) is 85.8 Å². The van der Waals surface area contributed by atoms with Crippen molar-refractivity contribution in [1.29, 1.82) is 0 Å². The smallest absolute Gasteiger partial charge is 0.269 e. The van der Waals surface area contributed by atoms with Crippen molar-refractivity contribution in [3.05, 3.63) is 35.8 Å². The fourth-order valence-corrected chi connectivity index (χ4v) is 1.54. The first-order valence-corrected chi connectivity index (χ1v) is 5.68. The van der Waals surface area contributed by atoms with Crippen LogP contribution >= 0.6 is 0 Å². The lowest BCUT2D eigenvalue weighted by molar-refractivity contribution is 0.0951. The number of rotatable bonds is 3. The highest BCUT2D eigenvalue weighted by Gasteiger charge is 2.08. The Balaban J connectivity index is 2.35. The number of anilines is 1. The molecule has 0 fully saturated rings. The number of aryl methyl sites for hydroxylation is 1. The van der Waals surface area contributed by atoms with E-state index in [9.17, 15) is 4.79 Å². The molecule has 2 aromatic rings. The number of carbonyl (C=O) groups is 1. The predicted octanol–water partition coefficient (Wildman–Crippen LogP) is 0.908. The molecule has 6 heteroatoms. The monoisotopic (exact) mass is 245 g/mol. The predicted molar refractivity (Wildman–Crippen MR) is 68.5 cm³/mol. The number of aromatic nitrogens is 3. The molecule has 0 saturated heterocycles. The minimum absolute atomic E-state index is 0.198. The molecule has 0 unspecified atom stereocenters. The molecule has 18 heavy (non-hydrogen) atoms. The summed E-state index contributed by atoms with van der Waals surface area (Å²) in [7, 11) is 0. The summed E-state index contributed by atoms with van der Waals surface area (Å²) < 4.78 is 1.63. The van der Waals surface area contributed by atoms with Gasteiger partial charge < -0.3 is 11.1 Å². The number of hydrogen-bond donors (Lipinski definition) is 2. The van der Waals surface area contributed by atoms with Crippen molar-refractivity contribution in [2.24, 2.45) is 0 Å². The molecule has 0 radical (unpaired) electrons. The first-order valence-electron chi connectivity index (χ1n) is 5.68. The number of nitrogen functional groups attached to an aromatic ring is 1. The van der Waals surface area contributed by atoms with E-state index in [0.29, 0.717) is 18.1 Å². The highest BCUT2D eigenvalue weighted by atomic mass is 16.1. The Kier molecular flexibility index (Phi) is 3.27. The summed E-state index contributed by atoms with van der Waals surface area (Å²) in [6, 6.07) is 3.45. The molecule has 0 bridgehead atoms. The molecule has 0 spiro atoms. The van der Waals surface area contributed by atoms with Gasteiger partial charge in [-0.1, -0.05) is 0 Å². The Labute approximate surface area is 105 Å². The molecule has 0 aliphatic carbocycles. The molecular formula is C12H15N5O. The van der Waals surface area contributed by atoms with E-state index in [4.69, 9.17) is 5.73 Å². The number of amides is 1. The Morgan fingerprint density at radius 1 is 1.56 bits per heavy atom. The SMILES string of the molecule is CCNC(=O)c1cc(-n2cc(C)c(N)n2)ccn1. The fraction of sp³-hybridized carbons (Fsp3) is 0.250. The molecule has 0 atom stereocenters. The Morgan fingerprint density at radius 3 is 2.94 bits per heavy atom. The van der Waals surface area contributed by atoms with Crippen molar-refractivity contribution in [2.45, 2.75) is 13.8 Å². The van der Waals surface area contributed by atoms with Crippen LogP contribution in [0, 0.1) is 6.92 Å². The fourth-order valence-electron chi connectivity index (χ4n) is 1.54. The highest BCUT2D eigenvalue weighted by molar-refractivity contribution is 5.92. The van der Waals surface area contributed by atoms with Gasteiger partial charge in [-0.05, 0) is 26.0 Å². The van der Waals surface area contributed by atoms with Crippen molar-refractivity contribution < 1.29 is 4.79 Å². The maximum Gasteiger partial charge on any atom is 0.269 e. The minimum Gasteiger partial charge on any atom is -0.382 e. The maximum atomic E-state index is 11.7. The maximum absolute atomic E-state index is 11.7. The van der Waals surface area contributed by atoms with Crippen LogP contribution in [0.5, 0.6) is 0 Å². The average molecular weight is 245 g/mol. The molecule has 1 amide bonds.